The molecule has 1 heterocycles. The number of esters is 1. The molecule has 1 aromatic heterocycles. The van der Waals surface area contributed by atoms with Crippen molar-refractivity contribution in [2.24, 2.45) is 0 Å². The molecule has 9 heteroatoms. The lowest BCUT2D eigenvalue weighted by Gasteiger charge is -2.23. The molecule has 35 heavy (non-hydrogen) atoms. The van der Waals surface area contributed by atoms with Gasteiger partial charge < -0.3 is 20.3 Å². The van der Waals surface area contributed by atoms with Crippen molar-refractivity contribution in [3.05, 3.63) is 83.6 Å². The highest BCUT2D eigenvalue weighted by Gasteiger charge is 2.30. The normalized spacial score (nSPS) is 12.4. The van der Waals surface area contributed by atoms with Crippen LogP contribution in [0.3, 0.4) is 0 Å². The topological polar surface area (TPSA) is 139 Å². The Balaban J connectivity index is 1.77. The zero-order valence-electron chi connectivity index (χ0n) is 19.3. The Bertz CT molecular complexity index is 1150. The van der Waals surface area contributed by atoms with Gasteiger partial charge in [-0.15, -0.1) is 10.2 Å². The molecule has 0 bridgehead atoms. The smallest absolute Gasteiger partial charge is 0.337 e. The quantitative estimate of drug-likeness (QED) is 0.283. The number of amides is 1. The molecular formula is C26H27N3O6. The number of ether oxygens (including phenoxy) is 1. The average Bonchev–Trinajstić information content (AvgIpc) is 2.88. The number of hydrogen-bond donors (Lipinski definition) is 3. The van der Waals surface area contributed by atoms with Crippen molar-refractivity contribution in [2.75, 3.05) is 6.61 Å². The first-order chi connectivity index (χ1) is 16.9. The number of carbonyl (C=O) groups excluding carboxylic acids is 2. The van der Waals surface area contributed by atoms with Crippen LogP contribution < -0.4 is 5.32 Å². The molecule has 2 atom stereocenters. The predicted octanol–water partition coefficient (Wildman–Crippen LogP) is 2.89. The SMILES string of the molecule is CCCCOC(=O)[C@H](O)C(Cc1ccccc1)NC(=O)c1ccc(-c2ccccc2C(=O)O)nn1. The van der Waals surface area contributed by atoms with Crippen LogP contribution in [0.4, 0.5) is 0 Å². The number of nitrogens with one attached hydrogen (secondary N) is 1. The van der Waals surface area contributed by atoms with Crippen LogP contribution in [0.5, 0.6) is 0 Å². The number of carbonyl (C=O) groups is 3. The molecule has 0 radical (unpaired) electrons. The first-order valence-electron chi connectivity index (χ1n) is 11.3. The molecule has 0 aliphatic rings. The predicted molar refractivity (Wildman–Crippen MR) is 128 cm³/mol. The van der Waals surface area contributed by atoms with Crippen molar-refractivity contribution < 1.29 is 29.3 Å². The summed E-state index contributed by atoms with van der Waals surface area (Å²) in [4.78, 5) is 36.7. The minimum Gasteiger partial charge on any atom is -0.478 e. The zero-order valence-corrected chi connectivity index (χ0v) is 19.3. The van der Waals surface area contributed by atoms with E-state index in [1.54, 1.807) is 18.2 Å². The summed E-state index contributed by atoms with van der Waals surface area (Å²) in [5, 5.41) is 30.6. The van der Waals surface area contributed by atoms with E-state index in [1.807, 2.05) is 37.3 Å². The van der Waals surface area contributed by atoms with Gasteiger partial charge in [0.05, 0.1) is 23.9 Å². The Labute approximate surface area is 202 Å². The van der Waals surface area contributed by atoms with Gasteiger partial charge in [-0.2, -0.15) is 0 Å². The number of carboxylic acids is 1. The van der Waals surface area contributed by atoms with Gasteiger partial charge in [-0.1, -0.05) is 61.9 Å². The lowest BCUT2D eigenvalue weighted by Crippen LogP contribution is -2.49. The molecule has 0 fully saturated rings. The van der Waals surface area contributed by atoms with Crippen molar-refractivity contribution >= 4 is 17.8 Å². The molecule has 0 aliphatic heterocycles. The van der Waals surface area contributed by atoms with Crippen LogP contribution in [0.1, 0.15) is 46.2 Å². The second kappa shape index (κ2) is 12.4. The van der Waals surface area contributed by atoms with Crippen molar-refractivity contribution in [3.8, 4) is 11.3 Å². The van der Waals surface area contributed by atoms with E-state index in [0.29, 0.717) is 17.7 Å². The molecule has 3 rings (SSSR count). The highest BCUT2D eigenvalue weighted by Crippen LogP contribution is 2.21. The summed E-state index contributed by atoms with van der Waals surface area (Å²) in [6.45, 7) is 2.14. The van der Waals surface area contributed by atoms with Gasteiger partial charge in [0.1, 0.15) is 0 Å². The van der Waals surface area contributed by atoms with Crippen LogP contribution in [-0.2, 0) is 16.0 Å². The Morgan fingerprint density at radius 1 is 0.971 bits per heavy atom. The number of aromatic carboxylic acids is 1. The van der Waals surface area contributed by atoms with Crippen LogP contribution in [0.15, 0.2) is 66.7 Å². The van der Waals surface area contributed by atoms with Crippen LogP contribution >= 0.6 is 0 Å². The van der Waals surface area contributed by atoms with E-state index in [1.165, 1.54) is 18.2 Å². The summed E-state index contributed by atoms with van der Waals surface area (Å²) < 4.78 is 5.13. The largest absolute Gasteiger partial charge is 0.478 e. The molecule has 0 saturated carbocycles. The van der Waals surface area contributed by atoms with Crippen molar-refractivity contribution in [1.82, 2.24) is 15.5 Å². The van der Waals surface area contributed by atoms with Gasteiger partial charge in [-0.25, -0.2) is 9.59 Å². The molecule has 0 spiro atoms. The Morgan fingerprint density at radius 2 is 1.69 bits per heavy atom. The maximum Gasteiger partial charge on any atom is 0.337 e. The molecule has 9 nitrogen and oxygen atoms in total. The van der Waals surface area contributed by atoms with E-state index < -0.39 is 30.0 Å². The average molecular weight is 478 g/mol. The third-order valence-electron chi connectivity index (χ3n) is 5.31. The summed E-state index contributed by atoms with van der Waals surface area (Å²) in [7, 11) is 0. The number of benzene rings is 2. The number of rotatable bonds is 11. The molecule has 1 amide bonds. The van der Waals surface area contributed by atoms with Gasteiger partial charge in [-0.05, 0) is 36.6 Å². The van der Waals surface area contributed by atoms with Crippen molar-refractivity contribution in [3.63, 3.8) is 0 Å². The van der Waals surface area contributed by atoms with Gasteiger partial charge in [0.25, 0.3) is 5.91 Å². The summed E-state index contributed by atoms with van der Waals surface area (Å²) in [6, 6.07) is 17.4. The van der Waals surface area contributed by atoms with E-state index in [-0.39, 0.29) is 24.3 Å². The maximum absolute atomic E-state index is 12.9. The monoisotopic (exact) mass is 477 g/mol. The first kappa shape index (κ1) is 25.5. The third-order valence-corrected chi connectivity index (χ3v) is 5.31. The van der Waals surface area contributed by atoms with Crippen molar-refractivity contribution in [1.29, 1.82) is 0 Å². The highest BCUT2D eigenvalue weighted by atomic mass is 16.5. The zero-order chi connectivity index (χ0) is 25.2. The molecule has 182 valence electrons. The number of carboxylic acid groups (broad SMARTS) is 1. The number of unbranched alkanes of at least 4 members (excludes halogenated alkanes) is 1. The van der Waals surface area contributed by atoms with E-state index in [2.05, 4.69) is 15.5 Å². The van der Waals surface area contributed by atoms with Gasteiger partial charge in [0.15, 0.2) is 11.8 Å². The summed E-state index contributed by atoms with van der Waals surface area (Å²) in [5.41, 5.74) is 1.48. The third kappa shape index (κ3) is 6.94. The second-order valence-corrected chi connectivity index (χ2v) is 7.89. The number of aromatic nitrogens is 2. The fourth-order valence-electron chi connectivity index (χ4n) is 3.41. The molecule has 3 aromatic rings. The number of aliphatic hydroxyl groups is 1. The maximum atomic E-state index is 12.9. The number of nitrogens with zero attached hydrogens (tertiary/aromatic N) is 2. The summed E-state index contributed by atoms with van der Waals surface area (Å²) in [5.74, 6) is -2.56. The first-order valence-corrected chi connectivity index (χ1v) is 11.3. The molecule has 0 aliphatic carbocycles. The summed E-state index contributed by atoms with van der Waals surface area (Å²) >= 11 is 0. The van der Waals surface area contributed by atoms with E-state index in [4.69, 9.17) is 4.74 Å². The molecule has 0 saturated heterocycles. The highest BCUT2D eigenvalue weighted by molar-refractivity contribution is 5.96. The molecule has 1 unspecified atom stereocenters. The molecule has 3 N–H and O–H groups in total. The minimum atomic E-state index is -1.58. The van der Waals surface area contributed by atoms with Crippen LogP contribution in [0, 0.1) is 0 Å². The standard InChI is InChI=1S/C26H27N3O6/c1-2-3-15-35-26(34)23(30)22(16-17-9-5-4-6-10-17)27-24(31)21-14-13-20(28-29-21)18-11-7-8-12-19(18)25(32)33/h4-14,22-23,30H,2-3,15-16H2,1H3,(H,27,31)(H,32,33)/t22?,23-/m1/s1. The van der Waals surface area contributed by atoms with E-state index >= 15 is 0 Å². The number of hydrogen-bond acceptors (Lipinski definition) is 7. The van der Waals surface area contributed by atoms with Gasteiger partial charge in [-0.3, -0.25) is 4.79 Å². The number of aliphatic hydroxyl groups excluding tert-OH is 1. The molecular weight excluding hydrogens is 450 g/mol. The van der Waals surface area contributed by atoms with E-state index in [9.17, 15) is 24.6 Å². The Kier molecular flexibility index (Phi) is 9.02. The fourth-order valence-corrected chi connectivity index (χ4v) is 3.41. The molecule has 2 aromatic carbocycles. The van der Waals surface area contributed by atoms with Crippen LogP contribution in [0.25, 0.3) is 11.3 Å². The van der Waals surface area contributed by atoms with E-state index in [0.717, 1.165) is 12.0 Å². The lowest BCUT2D eigenvalue weighted by atomic mass is 10.0. The summed E-state index contributed by atoms with van der Waals surface area (Å²) in [6.07, 6.45) is 0.111. The Hall–Kier alpha value is -4.11. The second-order valence-electron chi connectivity index (χ2n) is 7.89. The Morgan fingerprint density at radius 3 is 2.34 bits per heavy atom. The van der Waals surface area contributed by atoms with Gasteiger partial charge in [0, 0.05) is 5.56 Å². The van der Waals surface area contributed by atoms with Crippen LogP contribution in [-0.4, -0.2) is 57.0 Å². The van der Waals surface area contributed by atoms with Crippen molar-refractivity contribution in [2.45, 2.75) is 38.3 Å². The van der Waals surface area contributed by atoms with Crippen LogP contribution in [0.2, 0.25) is 0 Å². The van der Waals surface area contributed by atoms with Gasteiger partial charge >= 0.3 is 11.9 Å². The minimum absolute atomic E-state index is 0.0498. The lowest BCUT2D eigenvalue weighted by molar-refractivity contribution is -0.155. The fraction of sp³-hybridized carbons (Fsp3) is 0.269. The van der Waals surface area contributed by atoms with Gasteiger partial charge in [0.2, 0.25) is 0 Å².